The van der Waals surface area contributed by atoms with Crippen LogP contribution in [0, 0.1) is 0 Å². The summed E-state index contributed by atoms with van der Waals surface area (Å²) < 4.78 is 0. The molecule has 0 saturated heterocycles. The molecule has 1 aromatic carbocycles. The smallest absolute Gasteiger partial charge is 0.251 e. The van der Waals surface area contributed by atoms with E-state index in [0.717, 1.165) is 0 Å². The third-order valence-corrected chi connectivity index (χ3v) is 2.09. The SMILES string of the molecule is CCNC(=O)c1cccc([C@H](O)CN)c1. The van der Waals surface area contributed by atoms with E-state index in [1.165, 1.54) is 0 Å². The molecule has 1 amide bonds. The Balaban J connectivity index is 2.87. The number of nitrogens with one attached hydrogen (secondary N) is 1. The predicted octanol–water partition coefficient (Wildman–Crippen LogP) is 0.428. The maximum Gasteiger partial charge on any atom is 0.251 e. The predicted molar refractivity (Wildman–Crippen MR) is 58.5 cm³/mol. The number of aliphatic hydroxyl groups is 1. The standard InChI is InChI=1S/C11H16N2O2/c1-2-13-11(15)9-5-3-4-8(6-9)10(14)7-12/h3-6,10,14H,2,7,12H2,1H3,(H,13,15)/t10-/m1/s1. The number of hydrogen-bond donors (Lipinski definition) is 3. The number of rotatable bonds is 4. The number of benzene rings is 1. The Morgan fingerprint density at radius 2 is 2.33 bits per heavy atom. The molecule has 1 atom stereocenters. The lowest BCUT2D eigenvalue weighted by atomic mass is 10.1. The minimum Gasteiger partial charge on any atom is -0.387 e. The summed E-state index contributed by atoms with van der Waals surface area (Å²) in [6.45, 7) is 2.60. The molecule has 1 aromatic rings. The van der Waals surface area contributed by atoms with Gasteiger partial charge >= 0.3 is 0 Å². The number of hydrogen-bond acceptors (Lipinski definition) is 3. The van der Waals surface area contributed by atoms with Crippen LogP contribution in [-0.2, 0) is 0 Å². The van der Waals surface area contributed by atoms with Crippen LogP contribution in [0.1, 0.15) is 28.9 Å². The molecule has 0 aliphatic rings. The van der Waals surface area contributed by atoms with Gasteiger partial charge in [0.05, 0.1) is 6.10 Å². The fraction of sp³-hybridized carbons (Fsp3) is 0.364. The summed E-state index contributed by atoms with van der Waals surface area (Å²) in [5.74, 6) is -0.136. The topological polar surface area (TPSA) is 75.3 Å². The quantitative estimate of drug-likeness (QED) is 0.671. The Morgan fingerprint density at radius 3 is 2.93 bits per heavy atom. The molecular formula is C11H16N2O2. The van der Waals surface area contributed by atoms with Gasteiger partial charge < -0.3 is 16.2 Å². The summed E-state index contributed by atoms with van der Waals surface area (Å²) in [6.07, 6.45) is -0.709. The molecule has 0 aliphatic heterocycles. The molecule has 0 aliphatic carbocycles. The maximum atomic E-state index is 11.5. The molecule has 1 rings (SSSR count). The number of carbonyl (C=O) groups excluding carboxylic acids is 1. The van der Waals surface area contributed by atoms with E-state index < -0.39 is 6.10 Å². The molecule has 4 N–H and O–H groups in total. The lowest BCUT2D eigenvalue weighted by Gasteiger charge is -2.09. The summed E-state index contributed by atoms with van der Waals surface area (Å²) in [6, 6.07) is 6.85. The molecule has 0 saturated carbocycles. The second kappa shape index (κ2) is 5.48. The summed E-state index contributed by atoms with van der Waals surface area (Å²) >= 11 is 0. The van der Waals surface area contributed by atoms with Crippen molar-refractivity contribution in [2.75, 3.05) is 13.1 Å². The molecule has 0 unspecified atom stereocenters. The van der Waals surface area contributed by atoms with Crippen molar-refractivity contribution >= 4 is 5.91 Å². The Labute approximate surface area is 89.1 Å². The van der Waals surface area contributed by atoms with E-state index in [9.17, 15) is 9.90 Å². The van der Waals surface area contributed by atoms with Gasteiger partial charge in [-0.15, -0.1) is 0 Å². The van der Waals surface area contributed by atoms with Crippen LogP contribution in [0.15, 0.2) is 24.3 Å². The Kier molecular flexibility index (Phi) is 4.27. The molecule has 0 radical (unpaired) electrons. The van der Waals surface area contributed by atoms with Crippen molar-refractivity contribution in [2.45, 2.75) is 13.0 Å². The van der Waals surface area contributed by atoms with Gasteiger partial charge in [0.2, 0.25) is 0 Å². The zero-order valence-electron chi connectivity index (χ0n) is 8.73. The van der Waals surface area contributed by atoms with Crippen LogP contribution in [0.5, 0.6) is 0 Å². The summed E-state index contributed by atoms with van der Waals surface area (Å²) in [5.41, 5.74) is 6.55. The maximum absolute atomic E-state index is 11.5. The average molecular weight is 208 g/mol. The van der Waals surface area contributed by atoms with Crippen molar-refractivity contribution < 1.29 is 9.90 Å². The Hall–Kier alpha value is -1.39. The molecule has 4 heteroatoms. The van der Waals surface area contributed by atoms with Gasteiger partial charge in [-0.25, -0.2) is 0 Å². The van der Waals surface area contributed by atoms with Gasteiger partial charge in [0.1, 0.15) is 0 Å². The number of carbonyl (C=O) groups is 1. The second-order valence-corrected chi connectivity index (χ2v) is 3.24. The fourth-order valence-electron chi connectivity index (χ4n) is 1.29. The van der Waals surface area contributed by atoms with E-state index in [-0.39, 0.29) is 12.5 Å². The zero-order valence-corrected chi connectivity index (χ0v) is 8.73. The minimum atomic E-state index is -0.709. The highest BCUT2D eigenvalue weighted by molar-refractivity contribution is 5.94. The molecule has 0 bridgehead atoms. The monoisotopic (exact) mass is 208 g/mol. The normalized spacial score (nSPS) is 12.2. The highest BCUT2D eigenvalue weighted by atomic mass is 16.3. The molecular weight excluding hydrogens is 192 g/mol. The third-order valence-electron chi connectivity index (χ3n) is 2.09. The van der Waals surface area contributed by atoms with Gasteiger partial charge in [0.15, 0.2) is 0 Å². The van der Waals surface area contributed by atoms with Gasteiger partial charge in [0, 0.05) is 18.7 Å². The molecule has 0 aromatic heterocycles. The van der Waals surface area contributed by atoms with Gasteiger partial charge in [-0.3, -0.25) is 4.79 Å². The van der Waals surface area contributed by atoms with Crippen molar-refractivity contribution in [3.63, 3.8) is 0 Å². The first-order valence-corrected chi connectivity index (χ1v) is 4.95. The first-order chi connectivity index (χ1) is 7.19. The van der Waals surface area contributed by atoms with Gasteiger partial charge in [-0.1, -0.05) is 12.1 Å². The van der Waals surface area contributed by atoms with E-state index in [2.05, 4.69) is 5.32 Å². The Bertz CT molecular complexity index is 339. The van der Waals surface area contributed by atoms with Crippen molar-refractivity contribution in [1.82, 2.24) is 5.32 Å². The van der Waals surface area contributed by atoms with E-state index in [0.29, 0.717) is 17.7 Å². The zero-order chi connectivity index (χ0) is 11.3. The highest BCUT2D eigenvalue weighted by Crippen LogP contribution is 2.13. The van der Waals surface area contributed by atoms with Gasteiger partial charge in [-0.2, -0.15) is 0 Å². The van der Waals surface area contributed by atoms with E-state index >= 15 is 0 Å². The second-order valence-electron chi connectivity index (χ2n) is 3.24. The van der Waals surface area contributed by atoms with E-state index in [1.807, 2.05) is 6.92 Å². The number of aliphatic hydroxyl groups excluding tert-OH is 1. The minimum absolute atomic E-state index is 0.136. The van der Waals surface area contributed by atoms with Crippen LogP contribution >= 0.6 is 0 Å². The molecule has 82 valence electrons. The largest absolute Gasteiger partial charge is 0.387 e. The molecule has 0 heterocycles. The first-order valence-electron chi connectivity index (χ1n) is 4.95. The van der Waals surface area contributed by atoms with Crippen molar-refractivity contribution in [2.24, 2.45) is 5.73 Å². The lowest BCUT2D eigenvalue weighted by Crippen LogP contribution is -2.23. The van der Waals surface area contributed by atoms with Crippen LogP contribution in [0.2, 0.25) is 0 Å². The van der Waals surface area contributed by atoms with Crippen molar-refractivity contribution in [3.05, 3.63) is 35.4 Å². The van der Waals surface area contributed by atoms with Crippen molar-refractivity contribution in [3.8, 4) is 0 Å². The van der Waals surface area contributed by atoms with Gasteiger partial charge in [0.25, 0.3) is 5.91 Å². The third kappa shape index (κ3) is 3.04. The van der Waals surface area contributed by atoms with E-state index in [1.54, 1.807) is 24.3 Å². The lowest BCUT2D eigenvalue weighted by molar-refractivity contribution is 0.0955. The summed E-state index contributed by atoms with van der Waals surface area (Å²) in [5, 5.41) is 12.2. The average Bonchev–Trinajstić information content (AvgIpc) is 2.28. The molecule has 15 heavy (non-hydrogen) atoms. The fourth-order valence-corrected chi connectivity index (χ4v) is 1.29. The molecule has 4 nitrogen and oxygen atoms in total. The highest BCUT2D eigenvalue weighted by Gasteiger charge is 2.08. The summed E-state index contributed by atoms with van der Waals surface area (Å²) in [4.78, 5) is 11.5. The van der Waals surface area contributed by atoms with Crippen LogP contribution in [-0.4, -0.2) is 24.1 Å². The number of amides is 1. The summed E-state index contributed by atoms with van der Waals surface area (Å²) in [7, 11) is 0. The number of nitrogens with two attached hydrogens (primary N) is 1. The van der Waals surface area contributed by atoms with E-state index in [4.69, 9.17) is 5.73 Å². The van der Waals surface area contributed by atoms with Gasteiger partial charge in [-0.05, 0) is 24.6 Å². The van der Waals surface area contributed by atoms with Crippen LogP contribution in [0.25, 0.3) is 0 Å². The molecule has 0 spiro atoms. The van der Waals surface area contributed by atoms with Crippen LogP contribution < -0.4 is 11.1 Å². The van der Waals surface area contributed by atoms with Crippen molar-refractivity contribution in [1.29, 1.82) is 0 Å². The first kappa shape index (κ1) is 11.7. The Morgan fingerprint density at radius 1 is 1.60 bits per heavy atom. The molecule has 0 fully saturated rings. The van der Waals surface area contributed by atoms with Crippen LogP contribution in [0.4, 0.5) is 0 Å². The van der Waals surface area contributed by atoms with Crippen LogP contribution in [0.3, 0.4) is 0 Å².